The molecule has 0 spiro atoms. The Kier molecular flexibility index (Phi) is 5.80. The molecule has 1 aromatic carbocycles. The first kappa shape index (κ1) is 23.2. The monoisotopic (exact) mass is 502 g/mol. The number of H-pyrrole nitrogens is 1. The number of halogens is 1. The van der Waals surface area contributed by atoms with Crippen molar-refractivity contribution >= 4 is 28.2 Å². The molecule has 0 bridgehead atoms. The molecule has 5 heterocycles. The first-order valence-corrected chi connectivity index (χ1v) is 13.0. The lowest BCUT2D eigenvalue weighted by atomic mass is 9.87. The molecule has 1 aliphatic rings. The smallest absolute Gasteiger partial charge is 0.179 e. The zero-order valence-electron chi connectivity index (χ0n) is 21.2. The van der Waals surface area contributed by atoms with Gasteiger partial charge in [-0.25, -0.2) is 4.98 Å². The summed E-state index contributed by atoms with van der Waals surface area (Å²) in [6.45, 7) is 9.53. The molecular weight excluding hydrogens is 472 g/mol. The molecule has 6 rings (SSSR count). The van der Waals surface area contributed by atoms with Gasteiger partial charge in [0.25, 0.3) is 0 Å². The van der Waals surface area contributed by atoms with Gasteiger partial charge in [-0.05, 0) is 73.5 Å². The van der Waals surface area contributed by atoms with Crippen molar-refractivity contribution in [1.29, 1.82) is 0 Å². The number of benzene rings is 1. The zero-order valence-corrected chi connectivity index (χ0v) is 21.9. The number of pyridine rings is 1. The Bertz CT molecular complexity index is 1550. The number of hydrogen-bond acceptors (Lipinski definition) is 5. The van der Waals surface area contributed by atoms with Crippen LogP contribution in [0, 0.1) is 6.92 Å². The minimum Gasteiger partial charge on any atom is -0.354 e. The molecular formula is C27H31ClN8. The average Bonchev–Trinajstić information content (AvgIpc) is 3.59. The van der Waals surface area contributed by atoms with Crippen LogP contribution in [0.4, 0.5) is 0 Å². The normalized spacial score (nSPS) is 15.6. The van der Waals surface area contributed by atoms with E-state index in [2.05, 4.69) is 75.3 Å². The van der Waals surface area contributed by atoms with Gasteiger partial charge in [0.1, 0.15) is 12.7 Å². The Labute approximate surface area is 215 Å². The van der Waals surface area contributed by atoms with Gasteiger partial charge in [-0.15, -0.1) is 10.2 Å². The summed E-state index contributed by atoms with van der Waals surface area (Å²) in [5.74, 6) is 1.82. The Morgan fingerprint density at radius 2 is 1.97 bits per heavy atom. The molecule has 1 fully saturated rings. The van der Waals surface area contributed by atoms with Crippen molar-refractivity contribution < 1.29 is 0 Å². The number of likely N-dealkylation sites (tertiary alicyclic amines) is 1. The van der Waals surface area contributed by atoms with E-state index in [9.17, 15) is 0 Å². The molecule has 36 heavy (non-hydrogen) atoms. The molecule has 0 atom stereocenters. The Hall–Kier alpha value is -3.23. The third-order valence-electron chi connectivity index (χ3n) is 7.55. The quantitative estimate of drug-likeness (QED) is 0.344. The second kappa shape index (κ2) is 9.01. The largest absolute Gasteiger partial charge is 0.354 e. The SMILES string of the molecule is Cc1c(-c2[nH]c3ccc(C4CCN(Cc5ncn(C)n5)CC4)cc3c2C(C)C)cn2cnnc2c1Cl. The van der Waals surface area contributed by atoms with Crippen molar-refractivity contribution in [2.45, 2.75) is 52.0 Å². The fourth-order valence-corrected chi connectivity index (χ4v) is 5.88. The fourth-order valence-electron chi connectivity index (χ4n) is 5.65. The molecule has 4 aromatic heterocycles. The summed E-state index contributed by atoms with van der Waals surface area (Å²) in [4.78, 5) is 10.6. The van der Waals surface area contributed by atoms with E-state index < -0.39 is 0 Å². The van der Waals surface area contributed by atoms with Gasteiger partial charge in [-0.2, -0.15) is 5.10 Å². The molecule has 9 heteroatoms. The topological polar surface area (TPSA) is 79.9 Å². The van der Waals surface area contributed by atoms with E-state index in [1.165, 1.54) is 16.5 Å². The number of hydrogen-bond donors (Lipinski definition) is 1. The Balaban J connectivity index is 1.32. The highest BCUT2D eigenvalue weighted by Gasteiger charge is 2.24. The van der Waals surface area contributed by atoms with E-state index in [0.29, 0.717) is 22.5 Å². The molecule has 0 radical (unpaired) electrons. The van der Waals surface area contributed by atoms with Crippen molar-refractivity contribution in [3.63, 3.8) is 0 Å². The lowest BCUT2D eigenvalue weighted by Gasteiger charge is -2.31. The van der Waals surface area contributed by atoms with Gasteiger partial charge < -0.3 is 4.98 Å². The fraction of sp³-hybridized carbons (Fsp3) is 0.407. The van der Waals surface area contributed by atoms with Crippen molar-refractivity contribution in [3.05, 3.63) is 64.6 Å². The number of fused-ring (bicyclic) bond motifs is 2. The van der Waals surface area contributed by atoms with E-state index in [-0.39, 0.29) is 0 Å². The minimum absolute atomic E-state index is 0.353. The van der Waals surface area contributed by atoms with Crippen LogP contribution >= 0.6 is 11.6 Å². The molecule has 5 aromatic rings. The van der Waals surface area contributed by atoms with Gasteiger partial charge in [0.2, 0.25) is 0 Å². The van der Waals surface area contributed by atoms with Crippen LogP contribution in [-0.4, -0.2) is 52.3 Å². The van der Waals surface area contributed by atoms with E-state index >= 15 is 0 Å². The van der Waals surface area contributed by atoms with Crippen LogP contribution in [0.25, 0.3) is 27.8 Å². The molecule has 0 amide bonds. The molecule has 186 valence electrons. The van der Waals surface area contributed by atoms with Gasteiger partial charge >= 0.3 is 0 Å². The second-order valence-corrected chi connectivity index (χ2v) is 10.7. The van der Waals surface area contributed by atoms with Crippen LogP contribution in [0.1, 0.15) is 61.0 Å². The molecule has 1 aliphatic heterocycles. The third kappa shape index (κ3) is 3.98. The molecule has 0 unspecified atom stereocenters. The summed E-state index contributed by atoms with van der Waals surface area (Å²) in [5, 5.41) is 14.6. The van der Waals surface area contributed by atoms with Gasteiger partial charge in [-0.1, -0.05) is 31.5 Å². The number of nitrogens with one attached hydrogen (secondary N) is 1. The van der Waals surface area contributed by atoms with Crippen LogP contribution in [-0.2, 0) is 13.6 Å². The standard InChI is InChI=1S/C27H31ClN8/c1-16(2)24-20-11-19(18-7-9-35(10-8-18)13-23-29-14-34(4)33-23)5-6-22(20)31-26(24)21-12-36-15-30-32-27(36)25(28)17(21)3/h5-6,11-12,14-16,18,31H,7-10,13H2,1-4H3. The van der Waals surface area contributed by atoms with Crippen LogP contribution in [0.5, 0.6) is 0 Å². The molecule has 0 saturated carbocycles. The van der Waals surface area contributed by atoms with Crippen LogP contribution < -0.4 is 0 Å². The number of aryl methyl sites for hydroxylation is 1. The average molecular weight is 503 g/mol. The third-order valence-corrected chi connectivity index (χ3v) is 8.00. The summed E-state index contributed by atoms with van der Waals surface area (Å²) >= 11 is 6.69. The van der Waals surface area contributed by atoms with E-state index in [1.54, 1.807) is 17.3 Å². The highest BCUT2D eigenvalue weighted by Crippen LogP contribution is 2.40. The Morgan fingerprint density at radius 1 is 1.17 bits per heavy atom. The lowest BCUT2D eigenvalue weighted by Crippen LogP contribution is -2.32. The number of nitrogens with zero attached hydrogens (tertiary/aromatic N) is 7. The first-order chi connectivity index (χ1) is 17.4. The number of aromatic nitrogens is 7. The summed E-state index contributed by atoms with van der Waals surface area (Å²) in [7, 11) is 1.92. The predicted molar refractivity (Wildman–Crippen MR) is 142 cm³/mol. The Morgan fingerprint density at radius 3 is 2.69 bits per heavy atom. The number of rotatable bonds is 5. The maximum atomic E-state index is 6.69. The summed E-state index contributed by atoms with van der Waals surface area (Å²) in [5.41, 5.74) is 7.84. The molecule has 1 saturated heterocycles. The van der Waals surface area contributed by atoms with Crippen LogP contribution in [0.15, 0.2) is 37.1 Å². The summed E-state index contributed by atoms with van der Waals surface area (Å²) < 4.78 is 3.68. The highest BCUT2D eigenvalue weighted by atomic mass is 35.5. The highest BCUT2D eigenvalue weighted by molar-refractivity contribution is 6.34. The van der Waals surface area contributed by atoms with Crippen LogP contribution in [0.2, 0.25) is 5.02 Å². The van der Waals surface area contributed by atoms with Gasteiger partial charge in [-0.3, -0.25) is 14.0 Å². The zero-order chi connectivity index (χ0) is 25.0. The number of aromatic amines is 1. The molecule has 0 aliphatic carbocycles. The van der Waals surface area contributed by atoms with Crippen LogP contribution in [0.3, 0.4) is 0 Å². The van der Waals surface area contributed by atoms with E-state index in [0.717, 1.165) is 60.6 Å². The maximum Gasteiger partial charge on any atom is 0.179 e. The molecule has 1 N–H and O–H groups in total. The van der Waals surface area contributed by atoms with Crippen molar-refractivity contribution in [3.8, 4) is 11.3 Å². The van der Waals surface area contributed by atoms with Gasteiger partial charge in [0.05, 0.1) is 17.3 Å². The molecule has 8 nitrogen and oxygen atoms in total. The second-order valence-electron chi connectivity index (χ2n) is 10.3. The summed E-state index contributed by atoms with van der Waals surface area (Å²) in [6.07, 6.45) is 7.85. The van der Waals surface area contributed by atoms with Gasteiger partial charge in [0, 0.05) is 29.7 Å². The first-order valence-electron chi connectivity index (χ1n) is 12.6. The lowest BCUT2D eigenvalue weighted by molar-refractivity contribution is 0.200. The predicted octanol–water partition coefficient (Wildman–Crippen LogP) is 5.47. The van der Waals surface area contributed by atoms with Crippen molar-refractivity contribution in [2.75, 3.05) is 13.1 Å². The van der Waals surface area contributed by atoms with Gasteiger partial charge in [0.15, 0.2) is 11.5 Å². The minimum atomic E-state index is 0.353. The number of piperidine rings is 1. The maximum absolute atomic E-state index is 6.69. The van der Waals surface area contributed by atoms with Crippen molar-refractivity contribution in [2.24, 2.45) is 7.05 Å². The van der Waals surface area contributed by atoms with Crippen molar-refractivity contribution in [1.82, 2.24) is 39.2 Å². The van der Waals surface area contributed by atoms with E-state index in [1.807, 2.05) is 11.4 Å². The van der Waals surface area contributed by atoms with E-state index in [4.69, 9.17) is 11.6 Å². The summed E-state index contributed by atoms with van der Waals surface area (Å²) in [6, 6.07) is 6.97.